The standard InChI is InChI=1S/C27H32N4O3/c1-3-30-15-17-31(18-16-30)24-8-6-23(7-9-24)29-27(32)22-5-10-25(26(19-22)33-4-2)34-20-21-11-13-28-14-12-21/h5-14,19H,3-4,15-18,20H2,1-2H3,(H,29,32). The number of amides is 1. The molecule has 1 N–H and O–H groups in total. The number of carbonyl (C=O) groups excluding carboxylic acids is 1. The van der Waals surface area contributed by atoms with Crippen LogP contribution in [0.2, 0.25) is 0 Å². The number of anilines is 2. The van der Waals surface area contributed by atoms with Gasteiger partial charge in [-0.15, -0.1) is 0 Å². The van der Waals surface area contributed by atoms with E-state index in [2.05, 4.69) is 39.2 Å². The molecule has 7 nitrogen and oxygen atoms in total. The Morgan fingerprint density at radius 2 is 1.65 bits per heavy atom. The van der Waals surface area contributed by atoms with Crippen molar-refractivity contribution in [2.45, 2.75) is 20.5 Å². The van der Waals surface area contributed by atoms with Crippen molar-refractivity contribution < 1.29 is 14.3 Å². The van der Waals surface area contributed by atoms with Crippen molar-refractivity contribution in [3.8, 4) is 11.5 Å². The van der Waals surface area contributed by atoms with Gasteiger partial charge in [-0.3, -0.25) is 9.78 Å². The van der Waals surface area contributed by atoms with Crippen LogP contribution in [0.3, 0.4) is 0 Å². The Bertz CT molecular complexity index is 1060. The number of ether oxygens (including phenoxy) is 2. The molecule has 0 saturated carbocycles. The highest BCUT2D eigenvalue weighted by Crippen LogP contribution is 2.30. The number of hydrogen-bond acceptors (Lipinski definition) is 6. The third kappa shape index (κ3) is 6.05. The largest absolute Gasteiger partial charge is 0.490 e. The molecule has 1 aromatic heterocycles. The number of nitrogens with one attached hydrogen (secondary N) is 1. The molecular formula is C27H32N4O3. The van der Waals surface area contributed by atoms with Gasteiger partial charge >= 0.3 is 0 Å². The number of hydrogen-bond donors (Lipinski definition) is 1. The van der Waals surface area contributed by atoms with Gasteiger partial charge in [0, 0.05) is 55.5 Å². The zero-order chi connectivity index (χ0) is 23.8. The molecule has 0 aliphatic carbocycles. The number of piperazine rings is 1. The minimum atomic E-state index is -0.189. The lowest BCUT2D eigenvalue weighted by Crippen LogP contribution is -2.46. The molecular weight excluding hydrogens is 428 g/mol. The highest BCUT2D eigenvalue weighted by atomic mass is 16.5. The van der Waals surface area contributed by atoms with Crippen molar-refractivity contribution in [3.05, 3.63) is 78.1 Å². The number of likely N-dealkylation sites (N-methyl/N-ethyl adjacent to an activating group) is 1. The Morgan fingerprint density at radius 1 is 0.912 bits per heavy atom. The molecule has 1 fully saturated rings. The highest BCUT2D eigenvalue weighted by molar-refractivity contribution is 6.04. The molecule has 34 heavy (non-hydrogen) atoms. The summed E-state index contributed by atoms with van der Waals surface area (Å²) in [7, 11) is 0. The summed E-state index contributed by atoms with van der Waals surface area (Å²) in [5.74, 6) is 0.958. The zero-order valence-corrected chi connectivity index (χ0v) is 19.9. The van der Waals surface area contributed by atoms with Gasteiger partial charge in [0.1, 0.15) is 6.61 Å². The lowest BCUT2D eigenvalue weighted by Gasteiger charge is -2.35. The van der Waals surface area contributed by atoms with E-state index in [9.17, 15) is 4.79 Å². The van der Waals surface area contributed by atoms with E-state index < -0.39 is 0 Å². The Hall–Kier alpha value is -3.58. The molecule has 0 radical (unpaired) electrons. The van der Waals surface area contributed by atoms with E-state index in [1.54, 1.807) is 30.6 Å². The number of pyridine rings is 1. The maximum atomic E-state index is 12.9. The summed E-state index contributed by atoms with van der Waals surface area (Å²) < 4.78 is 11.7. The molecule has 1 aliphatic rings. The van der Waals surface area contributed by atoms with E-state index in [1.807, 2.05) is 31.2 Å². The van der Waals surface area contributed by atoms with Crippen molar-refractivity contribution in [1.29, 1.82) is 0 Å². The van der Waals surface area contributed by atoms with Gasteiger partial charge in [-0.05, 0) is 73.6 Å². The molecule has 3 aromatic rings. The Balaban J connectivity index is 1.38. The van der Waals surface area contributed by atoms with Crippen LogP contribution in [0.5, 0.6) is 11.5 Å². The SMILES string of the molecule is CCOc1cc(C(=O)Nc2ccc(N3CCN(CC)CC3)cc2)ccc1OCc1ccncc1. The van der Waals surface area contributed by atoms with Gasteiger partial charge in [-0.25, -0.2) is 0 Å². The minimum absolute atomic E-state index is 0.189. The predicted molar refractivity (Wildman–Crippen MR) is 135 cm³/mol. The number of rotatable bonds is 9. The van der Waals surface area contributed by atoms with Crippen LogP contribution in [0.25, 0.3) is 0 Å². The van der Waals surface area contributed by atoms with Crippen LogP contribution in [0.1, 0.15) is 29.8 Å². The van der Waals surface area contributed by atoms with Crippen LogP contribution in [-0.4, -0.2) is 55.1 Å². The fourth-order valence-corrected chi connectivity index (χ4v) is 3.96. The molecule has 0 unspecified atom stereocenters. The average molecular weight is 461 g/mol. The first-order valence-electron chi connectivity index (χ1n) is 11.8. The van der Waals surface area contributed by atoms with E-state index in [1.165, 1.54) is 5.69 Å². The van der Waals surface area contributed by atoms with Gasteiger partial charge in [0.05, 0.1) is 6.61 Å². The minimum Gasteiger partial charge on any atom is -0.490 e. The van der Waals surface area contributed by atoms with Gasteiger partial charge in [-0.2, -0.15) is 0 Å². The first-order chi connectivity index (χ1) is 16.7. The van der Waals surface area contributed by atoms with Gasteiger partial charge in [0.15, 0.2) is 11.5 Å². The second kappa shape index (κ2) is 11.5. The van der Waals surface area contributed by atoms with Gasteiger partial charge in [0.25, 0.3) is 5.91 Å². The fraction of sp³-hybridized carbons (Fsp3) is 0.333. The third-order valence-corrected chi connectivity index (χ3v) is 5.96. The van der Waals surface area contributed by atoms with Gasteiger partial charge < -0.3 is 24.6 Å². The molecule has 178 valence electrons. The molecule has 1 saturated heterocycles. The maximum Gasteiger partial charge on any atom is 0.255 e. The number of benzene rings is 2. The molecule has 0 bridgehead atoms. The first-order valence-corrected chi connectivity index (χ1v) is 11.8. The lowest BCUT2D eigenvalue weighted by atomic mass is 10.1. The normalized spacial score (nSPS) is 14.0. The summed E-state index contributed by atoms with van der Waals surface area (Å²) in [6.45, 7) is 10.3. The molecule has 1 aliphatic heterocycles. The van der Waals surface area contributed by atoms with Crippen molar-refractivity contribution >= 4 is 17.3 Å². The summed E-state index contributed by atoms with van der Waals surface area (Å²) in [4.78, 5) is 21.7. The lowest BCUT2D eigenvalue weighted by molar-refractivity contribution is 0.102. The van der Waals surface area contributed by atoms with Crippen LogP contribution >= 0.6 is 0 Å². The maximum absolute atomic E-state index is 12.9. The van der Waals surface area contributed by atoms with Crippen LogP contribution in [0.4, 0.5) is 11.4 Å². The molecule has 2 heterocycles. The summed E-state index contributed by atoms with van der Waals surface area (Å²) in [6.07, 6.45) is 3.46. The van der Waals surface area contributed by atoms with Gasteiger partial charge in [-0.1, -0.05) is 6.92 Å². The van der Waals surface area contributed by atoms with Crippen LogP contribution in [-0.2, 0) is 6.61 Å². The van der Waals surface area contributed by atoms with Crippen LogP contribution in [0.15, 0.2) is 67.0 Å². The quantitative estimate of drug-likeness (QED) is 0.509. The summed E-state index contributed by atoms with van der Waals surface area (Å²) in [6, 6.07) is 17.1. The summed E-state index contributed by atoms with van der Waals surface area (Å²) >= 11 is 0. The van der Waals surface area contributed by atoms with E-state index in [4.69, 9.17) is 9.47 Å². The molecule has 0 atom stereocenters. The summed E-state index contributed by atoms with van der Waals surface area (Å²) in [5.41, 5.74) is 3.47. The molecule has 0 spiro atoms. The van der Waals surface area contributed by atoms with Crippen LogP contribution in [0, 0.1) is 0 Å². The van der Waals surface area contributed by atoms with E-state index in [-0.39, 0.29) is 5.91 Å². The highest BCUT2D eigenvalue weighted by Gasteiger charge is 2.16. The number of aromatic nitrogens is 1. The van der Waals surface area contributed by atoms with Crippen molar-refractivity contribution in [2.24, 2.45) is 0 Å². The van der Waals surface area contributed by atoms with Crippen molar-refractivity contribution in [1.82, 2.24) is 9.88 Å². The van der Waals surface area contributed by atoms with Crippen LogP contribution < -0.4 is 19.7 Å². The smallest absolute Gasteiger partial charge is 0.255 e. The fourth-order valence-electron chi connectivity index (χ4n) is 3.96. The monoisotopic (exact) mass is 460 g/mol. The van der Waals surface area contributed by atoms with Crippen molar-refractivity contribution in [2.75, 3.05) is 49.5 Å². The van der Waals surface area contributed by atoms with E-state index >= 15 is 0 Å². The average Bonchev–Trinajstić information content (AvgIpc) is 2.89. The molecule has 4 rings (SSSR count). The Kier molecular flexibility index (Phi) is 7.99. The molecule has 7 heteroatoms. The predicted octanol–water partition coefficient (Wildman–Crippen LogP) is 4.45. The number of carbonyl (C=O) groups is 1. The van der Waals surface area contributed by atoms with Crippen molar-refractivity contribution in [3.63, 3.8) is 0 Å². The number of nitrogens with zero attached hydrogens (tertiary/aromatic N) is 3. The summed E-state index contributed by atoms with van der Waals surface area (Å²) in [5, 5.41) is 2.98. The Morgan fingerprint density at radius 3 is 2.32 bits per heavy atom. The molecule has 2 aromatic carbocycles. The third-order valence-electron chi connectivity index (χ3n) is 5.96. The van der Waals surface area contributed by atoms with Gasteiger partial charge in [0.2, 0.25) is 0 Å². The first kappa shape index (κ1) is 23.6. The van der Waals surface area contributed by atoms with E-state index in [0.29, 0.717) is 30.3 Å². The topological polar surface area (TPSA) is 66.9 Å². The zero-order valence-electron chi connectivity index (χ0n) is 19.9. The molecule has 1 amide bonds. The van der Waals surface area contributed by atoms with E-state index in [0.717, 1.165) is 44.0 Å². The Labute approximate surface area is 201 Å². The second-order valence-electron chi connectivity index (χ2n) is 8.16. The second-order valence-corrected chi connectivity index (χ2v) is 8.16.